The van der Waals surface area contributed by atoms with E-state index in [9.17, 15) is 9.90 Å². The molecule has 2 aromatic heterocycles. The largest absolute Gasteiger partial charge is 0.381 e. The fourth-order valence-corrected chi connectivity index (χ4v) is 1.71. The minimum atomic E-state index is -1.26. The Morgan fingerprint density at radius 3 is 3.18 bits per heavy atom. The first-order chi connectivity index (χ1) is 8.08. The lowest BCUT2D eigenvalue weighted by molar-refractivity contribution is -0.125. The average Bonchev–Trinajstić information content (AvgIpc) is 2.72. The molecule has 90 valence electrons. The second kappa shape index (κ2) is 4.68. The molecule has 1 unspecified atom stereocenters. The molecule has 2 aromatic rings. The van der Waals surface area contributed by atoms with Gasteiger partial charge in [0.2, 0.25) is 5.91 Å². The first kappa shape index (κ1) is 11.8. The van der Waals surface area contributed by atoms with Crippen molar-refractivity contribution in [1.82, 2.24) is 14.4 Å². The number of nitrogens with one attached hydrogen (secondary N) is 1. The van der Waals surface area contributed by atoms with E-state index >= 15 is 0 Å². The molecule has 0 saturated carbocycles. The number of carbonyl (C=O) groups excluding carboxylic acids is 1. The average molecular weight is 300 g/mol. The molecule has 1 amide bonds. The third-order valence-electron chi connectivity index (χ3n) is 2.14. The number of nitrogens with zero attached hydrogens (tertiary/aromatic N) is 3. The van der Waals surface area contributed by atoms with Gasteiger partial charge in [0.25, 0.3) is 0 Å². The van der Waals surface area contributed by atoms with E-state index < -0.39 is 12.0 Å². The zero-order valence-corrected chi connectivity index (χ0v) is 10.3. The van der Waals surface area contributed by atoms with Crippen LogP contribution in [0.15, 0.2) is 23.2 Å². The zero-order chi connectivity index (χ0) is 12.4. The summed E-state index contributed by atoms with van der Waals surface area (Å²) in [7, 11) is 0. The fraction of sp³-hybridized carbons (Fsp3) is 0.222. The van der Waals surface area contributed by atoms with Crippen LogP contribution in [-0.4, -0.2) is 38.0 Å². The van der Waals surface area contributed by atoms with Gasteiger partial charge in [0.1, 0.15) is 10.7 Å². The summed E-state index contributed by atoms with van der Waals surface area (Å²) in [6.07, 6.45) is 3.88. The van der Waals surface area contributed by atoms with Crippen molar-refractivity contribution in [2.45, 2.75) is 6.10 Å². The first-order valence-electron chi connectivity index (χ1n) is 4.78. The molecule has 0 radical (unpaired) electrons. The standard InChI is InChI=1S/C9H10BrN5O2/c10-6-4-15-2-1-12-9(15)8(14-6)13-3-5(16)7(11)17/h1-2,4-5,16H,3H2,(H2,11,17)(H,13,14). The van der Waals surface area contributed by atoms with Gasteiger partial charge < -0.3 is 20.6 Å². The maximum absolute atomic E-state index is 10.7. The molecule has 0 spiro atoms. The number of primary amides is 1. The van der Waals surface area contributed by atoms with Crippen LogP contribution in [0.2, 0.25) is 0 Å². The lowest BCUT2D eigenvalue weighted by Crippen LogP contribution is -2.34. The monoisotopic (exact) mass is 299 g/mol. The molecule has 0 fully saturated rings. The number of hydrogen-bond acceptors (Lipinski definition) is 5. The molecule has 4 N–H and O–H groups in total. The summed E-state index contributed by atoms with van der Waals surface area (Å²) in [4.78, 5) is 18.9. The van der Waals surface area contributed by atoms with E-state index in [1.165, 1.54) is 0 Å². The second-order valence-corrected chi connectivity index (χ2v) is 4.18. The Bertz CT molecular complexity index is 555. The van der Waals surface area contributed by atoms with Gasteiger partial charge in [-0.25, -0.2) is 9.97 Å². The van der Waals surface area contributed by atoms with Gasteiger partial charge in [-0.3, -0.25) is 4.79 Å². The summed E-state index contributed by atoms with van der Waals surface area (Å²) < 4.78 is 2.37. The van der Waals surface area contributed by atoms with Crippen molar-refractivity contribution in [2.24, 2.45) is 5.73 Å². The van der Waals surface area contributed by atoms with E-state index in [0.717, 1.165) is 0 Å². The number of aliphatic hydroxyl groups is 1. The number of nitrogens with two attached hydrogens (primary N) is 1. The Morgan fingerprint density at radius 1 is 1.71 bits per heavy atom. The van der Waals surface area contributed by atoms with Gasteiger partial charge in [0.05, 0.1) is 6.54 Å². The molecule has 0 aliphatic heterocycles. The molecule has 0 aliphatic carbocycles. The molecular weight excluding hydrogens is 290 g/mol. The van der Waals surface area contributed by atoms with E-state index in [4.69, 9.17) is 5.73 Å². The lowest BCUT2D eigenvalue weighted by atomic mass is 10.3. The lowest BCUT2D eigenvalue weighted by Gasteiger charge is -2.10. The highest BCUT2D eigenvalue weighted by atomic mass is 79.9. The van der Waals surface area contributed by atoms with Crippen LogP contribution >= 0.6 is 15.9 Å². The Labute approximate surface area is 105 Å². The molecule has 2 rings (SSSR count). The topological polar surface area (TPSA) is 106 Å². The van der Waals surface area contributed by atoms with Crippen LogP contribution in [0.1, 0.15) is 0 Å². The highest BCUT2D eigenvalue weighted by Crippen LogP contribution is 2.16. The van der Waals surface area contributed by atoms with Crippen LogP contribution < -0.4 is 11.1 Å². The smallest absolute Gasteiger partial charge is 0.248 e. The van der Waals surface area contributed by atoms with Gasteiger partial charge in [-0.2, -0.15) is 0 Å². The SMILES string of the molecule is NC(=O)C(O)CNc1nc(Br)cn2ccnc12. The van der Waals surface area contributed by atoms with Crippen LogP contribution in [0.3, 0.4) is 0 Å². The van der Waals surface area contributed by atoms with Crippen LogP contribution in [-0.2, 0) is 4.79 Å². The van der Waals surface area contributed by atoms with E-state index in [0.29, 0.717) is 16.1 Å². The van der Waals surface area contributed by atoms with Crippen molar-refractivity contribution in [3.63, 3.8) is 0 Å². The van der Waals surface area contributed by atoms with E-state index in [-0.39, 0.29) is 6.54 Å². The highest BCUT2D eigenvalue weighted by molar-refractivity contribution is 9.10. The summed E-state index contributed by atoms with van der Waals surface area (Å²) in [5.41, 5.74) is 5.54. The summed E-state index contributed by atoms with van der Waals surface area (Å²) in [6, 6.07) is 0. The molecular formula is C9H10BrN5O2. The molecule has 2 heterocycles. The van der Waals surface area contributed by atoms with Gasteiger partial charge >= 0.3 is 0 Å². The van der Waals surface area contributed by atoms with Gasteiger partial charge in [0, 0.05) is 18.6 Å². The van der Waals surface area contributed by atoms with Crippen molar-refractivity contribution in [1.29, 1.82) is 0 Å². The van der Waals surface area contributed by atoms with Crippen molar-refractivity contribution >= 4 is 33.3 Å². The molecule has 0 bridgehead atoms. The zero-order valence-electron chi connectivity index (χ0n) is 8.67. The molecule has 0 aliphatic rings. The van der Waals surface area contributed by atoms with Gasteiger partial charge in [-0.1, -0.05) is 0 Å². The van der Waals surface area contributed by atoms with E-state index in [1.54, 1.807) is 23.0 Å². The molecule has 17 heavy (non-hydrogen) atoms. The third-order valence-corrected chi connectivity index (χ3v) is 2.52. The van der Waals surface area contributed by atoms with Crippen LogP contribution in [0.5, 0.6) is 0 Å². The summed E-state index contributed by atoms with van der Waals surface area (Å²) in [6.45, 7) is -0.0126. The number of anilines is 1. The number of carbonyl (C=O) groups is 1. The van der Waals surface area contributed by atoms with Crippen molar-refractivity contribution in [2.75, 3.05) is 11.9 Å². The first-order valence-corrected chi connectivity index (χ1v) is 5.57. The number of hydrogen-bond donors (Lipinski definition) is 3. The molecule has 0 saturated heterocycles. The Balaban J connectivity index is 2.23. The number of aromatic nitrogens is 3. The highest BCUT2D eigenvalue weighted by Gasteiger charge is 2.12. The predicted octanol–water partition coefficient (Wildman–Crippen LogP) is -0.250. The Kier molecular flexibility index (Phi) is 3.25. The van der Waals surface area contributed by atoms with Crippen LogP contribution in [0.25, 0.3) is 5.65 Å². The van der Waals surface area contributed by atoms with E-state index in [1.807, 2.05) is 0 Å². The Hall–Kier alpha value is -1.67. The number of rotatable bonds is 4. The quantitative estimate of drug-likeness (QED) is 0.722. The number of halogens is 1. The van der Waals surface area contributed by atoms with Crippen LogP contribution in [0, 0.1) is 0 Å². The third kappa shape index (κ3) is 2.53. The maximum atomic E-state index is 10.7. The molecule has 0 aromatic carbocycles. The second-order valence-electron chi connectivity index (χ2n) is 3.37. The van der Waals surface area contributed by atoms with Crippen molar-refractivity contribution in [3.8, 4) is 0 Å². The number of aliphatic hydroxyl groups excluding tert-OH is 1. The van der Waals surface area contributed by atoms with Crippen molar-refractivity contribution in [3.05, 3.63) is 23.2 Å². The number of imidazole rings is 1. The normalized spacial score (nSPS) is 12.6. The summed E-state index contributed by atoms with van der Waals surface area (Å²) in [5, 5.41) is 12.1. The Morgan fingerprint density at radius 2 is 2.47 bits per heavy atom. The van der Waals surface area contributed by atoms with Gasteiger partial charge in [-0.15, -0.1) is 0 Å². The van der Waals surface area contributed by atoms with Gasteiger partial charge in [0.15, 0.2) is 11.5 Å². The number of amides is 1. The van der Waals surface area contributed by atoms with Crippen LogP contribution in [0.4, 0.5) is 5.82 Å². The number of fused-ring (bicyclic) bond motifs is 1. The maximum Gasteiger partial charge on any atom is 0.248 e. The van der Waals surface area contributed by atoms with Crippen molar-refractivity contribution < 1.29 is 9.90 Å². The fourth-order valence-electron chi connectivity index (χ4n) is 1.31. The predicted molar refractivity (Wildman–Crippen MR) is 64.4 cm³/mol. The van der Waals surface area contributed by atoms with Gasteiger partial charge in [-0.05, 0) is 15.9 Å². The minimum absolute atomic E-state index is 0.0126. The summed E-state index contributed by atoms with van der Waals surface area (Å²) >= 11 is 3.25. The molecule has 8 heteroatoms. The van der Waals surface area contributed by atoms with E-state index in [2.05, 4.69) is 31.2 Å². The minimum Gasteiger partial charge on any atom is -0.381 e. The summed E-state index contributed by atoms with van der Waals surface area (Å²) in [5.74, 6) is -0.323. The molecule has 7 nitrogen and oxygen atoms in total. The molecule has 1 atom stereocenters.